The van der Waals surface area contributed by atoms with Gasteiger partial charge in [0.2, 0.25) is 0 Å². The third-order valence-electron chi connectivity index (χ3n) is 9.60. The maximum absolute atomic E-state index is 12.4. The van der Waals surface area contributed by atoms with Crippen molar-refractivity contribution in [3.05, 3.63) is 0 Å². The molecule has 3 fully saturated rings. The summed E-state index contributed by atoms with van der Waals surface area (Å²) < 4.78 is 5.97. The number of esters is 1. The van der Waals surface area contributed by atoms with Crippen LogP contribution in [0, 0.1) is 29.6 Å². The Bertz CT molecular complexity index is 529. The predicted octanol–water partition coefficient (Wildman–Crippen LogP) is 9.64. The number of hydrogen-bond acceptors (Lipinski definition) is 2. The lowest BCUT2D eigenvalue weighted by Crippen LogP contribution is -2.43. The Labute approximate surface area is 206 Å². The van der Waals surface area contributed by atoms with Crippen LogP contribution in [-0.4, -0.2) is 12.1 Å². The van der Waals surface area contributed by atoms with Gasteiger partial charge in [0.1, 0.15) is 6.10 Å². The van der Waals surface area contributed by atoms with Gasteiger partial charge in [0, 0.05) is 6.42 Å². The Hall–Kier alpha value is -0.530. The van der Waals surface area contributed by atoms with Crippen molar-refractivity contribution >= 4 is 5.97 Å². The van der Waals surface area contributed by atoms with Crippen LogP contribution >= 0.6 is 0 Å². The van der Waals surface area contributed by atoms with Gasteiger partial charge in [-0.1, -0.05) is 97.3 Å². The fourth-order valence-electron chi connectivity index (χ4n) is 7.73. The minimum Gasteiger partial charge on any atom is -0.462 e. The normalized spacial score (nSPS) is 31.6. The van der Waals surface area contributed by atoms with E-state index in [4.69, 9.17) is 4.74 Å². The summed E-state index contributed by atoms with van der Waals surface area (Å²) in [6.07, 6.45) is 29.4. The SMILES string of the molecule is CCCCCCCCCC(=O)O[C@H]1CCC2C(CCC3C[C@@H](CCCCCCC)CCC32)C1. The highest BCUT2D eigenvalue weighted by atomic mass is 16.5. The van der Waals surface area contributed by atoms with Gasteiger partial charge >= 0.3 is 5.97 Å². The molecule has 2 nitrogen and oxygen atoms in total. The maximum Gasteiger partial charge on any atom is 0.306 e. The fraction of sp³-hybridized carbons (Fsp3) is 0.968. The van der Waals surface area contributed by atoms with E-state index >= 15 is 0 Å². The molecule has 3 aliphatic carbocycles. The van der Waals surface area contributed by atoms with E-state index in [9.17, 15) is 4.79 Å². The van der Waals surface area contributed by atoms with Crippen molar-refractivity contribution in [3.8, 4) is 0 Å². The zero-order valence-corrected chi connectivity index (χ0v) is 22.3. The molecular weight excluding hydrogens is 404 g/mol. The van der Waals surface area contributed by atoms with Crippen LogP contribution in [-0.2, 0) is 9.53 Å². The summed E-state index contributed by atoms with van der Waals surface area (Å²) in [5.41, 5.74) is 0. The van der Waals surface area contributed by atoms with Gasteiger partial charge in [-0.25, -0.2) is 0 Å². The van der Waals surface area contributed by atoms with Crippen molar-refractivity contribution in [2.45, 2.75) is 161 Å². The highest BCUT2D eigenvalue weighted by Crippen LogP contribution is 2.53. The standard InChI is InChI=1S/C31H56O2/c1-3-5-7-9-10-12-14-16-31(32)33-28-20-22-30-27(24-28)19-18-26-23-25(17-21-29(26)30)15-13-11-8-6-4-2/h25-30H,3-24H2,1-2H3/t25-,26?,27?,28-,29?,30?/m0/s1. The van der Waals surface area contributed by atoms with E-state index < -0.39 is 0 Å². The smallest absolute Gasteiger partial charge is 0.306 e. The second kappa shape index (κ2) is 15.5. The van der Waals surface area contributed by atoms with Crippen molar-refractivity contribution < 1.29 is 9.53 Å². The minimum atomic E-state index is 0.0835. The van der Waals surface area contributed by atoms with E-state index in [1.54, 1.807) is 0 Å². The molecule has 0 aliphatic heterocycles. The van der Waals surface area contributed by atoms with Crippen molar-refractivity contribution in [3.63, 3.8) is 0 Å². The van der Waals surface area contributed by atoms with E-state index in [1.807, 2.05) is 0 Å². The second-order valence-corrected chi connectivity index (χ2v) is 12.1. The first kappa shape index (κ1) is 27.1. The van der Waals surface area contributed by atoms with Crippen LogP contribution in [0.25, 0.3) is 0 Å². The molecule has 3 rings (SSSR count). The van der Waals surface area contributed by atoms with Crippen molar-refractivity contribution in [1.82, 2.24) is 0 Å². The Kier molecular flexibility index (Phi) is 12.7. The van der Waals surface area contributed by atoms with Crippen LogP contribution in [0.15, 0.2) is 0 Å². The van der Waals surface area contributed by atoms with Gasteiger partial charge in [-0.15, -0.1) is 0 Å². The number of carbonyl (C=O) groups excluding carboxylic acids is 1. The van der Waals surface area contributed by atoms with Gasteiger partial charge in [0.25, 0.3) is 0 Å². The first-order valence-corrected chi connectivity index (χ1v) is 15.4. The van der Waals surface area contributed by atoms with Gasteiger partial charge < -0.3 is 4.74 Å². The first-order chi connectivity index (χ1) is 16.2. The molecule has 0 aromatic rings. The average Bonchev–Trinajstić information content (AvgIpc) is 2.83. The van der Waals surface area contributed by atoms with Crippen LogP contribution < -0.4 is 0 Å². The number of fused-ring (bicyclic) bond motifs is 3. The molecule has 192 valence electrons. The first-order valence-electron chi connectivity index (χ1n) is 15.4. The molecule has 0 spiro atoms. The van der Waals surface area contributed by atoms with Crippen LogP contribution in [0.5, 0.6) is 0 Å². The van der Waals surface area contributed by atoms with E-state index in [-0.39, 0.29) is 12.1 Å². The van der Waals surface area contributed by atoms with E-state index in [0.717, 1.165) is 48.9 Å². The van der Waals surface area contributed by atoms with E-state index in [2.05, 4.69) is 13.8 Å². The van der Waals surface area contributed by atoms with Gasteiger partial charge in [-0.05, 0) is 81.0 Å². The molecule has 6 atom stereocenters. The summed E-state index contributed by atoms with van der Waals surface area (Å²) in [5, 5.41) is 0. The number of rotatable bonds is 15. The molecule has 0 amide bonds. The molecule has 2 heteroatoms. The number of carbonyl (C=O) groups is 1. The van der Waals surface area contributed by atoms with Gasteiger partial charge in [-0.2, -0.15) is 0 Å². The second-order valence-electron chi connectivity index (χ2n) is 12.1. The maximum atomic E-state index is 12.4. The molecule has 0 saturated heterocycles. The number of hydrogen-bond donors (Lipinski definition) is 0. The molecule has 33 heavy (non-hydrogen) atoms. The third kappa shape index (κ3) is 9.21. The van der Waals surface area contributed by atoms with Crippen LogP contribution in [0.3, 0.4) is 0 Å². The summed E-state index contributed by atoms with van der Waals surface area (Å²) in [4.78, 5) is 12.4. The molecule has 0 bridgehead atoms. The molecule has 0 aromatic heterocycles. The average molecular weight is 461 g/mol. The van der Waals surface area contributed by atoms with Crippen LogP contribution in [0.1, 0.15) is 155 Å². The molecular formula is C31H56O2. The van der Waals surface area contributed by atoms with E-state index in [1.165, 1.54) is 116 Å². The molecule has 3 aliphatic rings. The number of ether oxygens (including phenoxy) is 1. The third-order valence-corrected chi connectivity index (χ3v) is 9.60. The number of unbranched alkanes of at least 4 members (excludes halogenated alkanes) is 10. The Balaban J connectivity index is 1.30. The summed E-state index contributed by atoms with van der Waals surface area (Å²) in [6.45, 7) is 4.57. The molecule has 0 N–H and O–H groups in total. The zero-order chi connectivity index (χ0) is 23.3. The summed E-state index contributed by atoms with van der Waals surface area (Å²) in [5.74, 6) is 4.88. The lowest BCUT2D eigenvalue weighted by Gasteiger charge is -2.50. The van der Waals surface area contributed by atoms with Crippen molar-refractivity contribution in [2.75, 3.05) is 0 Å². The van der Waals surface area contributed by atoms with Gasteiger partial charge in [0.05, 0.1) is 0 Å². The molecule has 0 aromatic carbocycles. The highest BCUT2D eigenvalue weighted by Gasteiger charge is 2.44. The van der Waals surface area contributed by atoms with Crippen LogP contribution in [0.4, 0.5) is 0 Å². The predicted molar refractivity (Wildman–Crippen MR) is 140 cm³/mol. The van der Waals surface area contributed by atoms with Gasteiger partial charge in [-0.3, -0.25) is 4.79 Å². The Morgan fingerprint density at radius 1 is 0.636 bits per heavy atom. The highest BCUT2D eigenvalue weighted by molar-refractivity contribution is 5.69. The summed E-state index contributed by atoms with van der Waals surface area (Å²) >= 11 is 0. The molecule has 4 unspecified atom stereocenters. The van der Waals surface area contributed by atoms with Crippen molar-refractivity contribution in [1.29, 1.82) is 0 Å². The minimum absolute atomic E-state index is 0.0835. The van der Waals surface area contributed by atoms with E-state index in [0.29, 0.717) is 6.42 Å². The largest absolute Gasteiger partial charge is 0.462 e. The summed E-state index contributed by atoms with van der Waals surface area (Å²) in [7, 11) is 0. The lowest BCUT2D eigenvalue weighted by atomic mass is 9.56. The Morgan fingerprint density at radius 2 is 1.21 bits per heavy atom. The Morgan fingerprint density at radius 3 is 1.91 bits per heavy atom. The monoisotopic (exact) mass is 460 g/mol. The topological polar surface area (TPSA) is 26.3 Å². The lowest BCUT2D eigenvalue weighted by molar-refractivity contribution is -0.153. The van der Waals surface area contributed by atoms with Gasteiger partial charge in [0.15, 0.2) is 0 Å². The molecule has 0 radical (unpaired) electrons. The molecule has 0 heterocycles. The summed E-state index contributed by atoms with van der Waals surface area (Å²) in [6, 6.07) is 0. The molecule has 3 saturated carbocycles. The fourth-order valence-corrected chi connectivity index (χ4v) is 7.73. The van der Waals surface area contributed by atoms with Crippen molar-refractivity contribution in [2.24, 2.45) is 29.6 Å². The van der Waals surface area contributed by atoms with Crippen LogP contribution in [0.2, 0.25) is 0 Å². The zero-order valence-electron chi connectivity index (χ0n) is 22.3. The quantitative estimate of drug-likeness (QED) is 0.179.